The third-order valence-electron chi connectivity index (χ3n) is 3.35. The Hall–Kier alpha value is -0.820. The molecule has 16 heavy (non-hydrogen) atoms. The summed E-state index contributed by atoms with van der Waals surface area (Å²) in [5.41, 5.74) is 1.41. The molecular formula is C15H24O. The Morgan fingerprint density at radius 2 is 1.75 bits per heavy atom. The number of rotatable bonds is 6. The molecule has 1 aromatic carbocycles. The van der Waals surface area contributed by atoms with Crippen LogP contribution in [-0.4, -0.2) is 13.2 Å². The van der Waals surface area contributed by atoms with E-state index in [-0.39, 0.29) is 0 Å². The second-order valence-electron chi connectivity index (χ2n) is 4.78. The summed E-state index contributed by atoms with van der Waals surface area (Å²) in [6.45, 7) is 6.78. The number of ether oxygens (including phenoxy) is 1. The summed E-state index contributed by atoms with van der Waals surface area (Å²) in [5, 5.41) is 0. The minimum Gasteiger partial charge on any atom is -0.381 e. The molecule has 1 aromatic rings. The van der Waals surface area contributed by atoms with Gasteiger partial charge in [0.25, 0.3) is 0 Å². The average Bonchev–Trinajstić information content (AvgIpc) is 2.30. The van der Waals surface area contributed by atoms with Gasteiger partial charge < -0.3 is 4.74 Å². The Kier molecular flexibility index (Phi) is 5.54. The Morgan fingerprint density at radius 1 is 1.12 bits per heavy atom. The maximum Gasteiger partial charge on any atom is 0.0602 e. The van der Waals surface area contributed by atoms with E-state index in [4.69, 9.17) is 4.74 Å². The van der Waals surface area contributed by atoms with Crippen LogP contribution in [0.25, 0.3) is 0 Å². The van der Waals surface area contributed by atoms with E-state index in [2.05, 4.69) is 51.1 Å². The van der Waals surface area contributed by atoms with Crippen LogP contribution < -0.4 is 0 Å². The topological polar surface area (TPSA) is 9.23 Å². The molecule has 0 aromatic heterocycles. The van der Waals surface area contributed by atoms with E-state index < -0.39 is 0 Å². The van der Waals surface area contributed by atoms with E-state index in [0.29, 0.717) is 17.9 Å². The van der Waals surface area contributed by atoms with Crippen LogP contribution in [0.4, 0.5) is 0 Å². The molecule has 0 heterocycles. The van der Waals surface area contributed by atoms with Crippen LogP contribution in [0.5, 0.6) is 0 Å². The monoisotopic (exact) mass is 220 g/mol. The Bertz CT molecular complexity index is 275. The van der Waals surface area contributed by atoms with E-state index >= 15 is 0 Å². The molecule has 0 spiro atoms. The number of methoxy groups -OCH3 is 1. The molecule has 2 atom stereocenters. The van der Waals surface area contributed by atoms with Crippen LogP contribution in [0, 0.1) is 11.8 Å². The Morgan fingerprint density at radius 3 is 2.19 bits per heavy atom. The predicted octanol–water partition coefficient (Wildman–Crippen LogP) is 3.93. The lowest BCUT2D eigenvalue weighted by atomic mass is 9.83. The molecule has 1 nitrogen and oxygen atoms in total. The molecule has 1 rings (SSSR count). The van der Waals surface area contributed by atoms with Gasteiger partial charge in [-0.05, 0) is 30.2 Å². The molecule has 0 aliphatic rings. The summed E-state index contributed by atoms with van der Waals surface area (Å²) in [6.07, 6.45) is 2.58. The van der Waals surface area contributed by atoms with Crippen molar-refractivity contribution in [3.8, 4) is 0 Å². The van der Waals surface area contributed by atoms with Crippen LogP contribution in [0.2, 0.25) is 0 Å². The number of benzene rings is 1. The van der Waals surface area contributed by atoms with Crippen molar-refractivity contribution in [3.05, 3.63) is 35.9 Å². The molecule has 0 saturated carbocycles. The molecule has 0 amide bonds. The van der Waals surface area contributed by atoms with Gasteiger partial charge in [-0.3, -0.25) is 0 Å². The summed E-state index contributed by atoms with van der Waals surface area (Å²) in [7, 11) is 1.83. The molecule has 0 bridgehead atoms. The fourth-order valence-corrected chi connectivity index (χ4v) is 2.33. The van der Waals surface area contributed by atoms with Crippen molar-refractivity contribution in [2.45, 2.75) is 39.7 Å². The maximum atomic E-state index is 5.60. The number of hydrogen-bond donors (Lipinski definition) is 0. The van der Waals surface area contributed by atoms with Crippen LogP contribution in [0.3, 0.4) is 0 Å². The molecule has 0 fully saturated rings. The molecule has 0 saturated heterocycles. The first-order valence-electron chi connectivity index (χ1n) is 6.25. The largest absolute Gasteiger partial charge is 0.381 e. The van der Waals surface area contributed by atoms with Crippen LogP contribution in [0.15, 0.2) is 30.3 Å². The molecular weight excluding hydrogens is 196 g/mol. The molecule has 0 N–H and O–H groups in total. The normalized spacial score (nSPS) is 15.1. The van der Waals surface area contributed by atoms with E-state index in [1.54, 1.807) is 0 Å². The van der Waals surface area contributed by atoms with E-state index in [9.17, 15) is 0 Å². The van der Waals surface area contributed by atoms with Crippen molar-refractivity contribution in [3.63, 3.8) is 0 Å². The number of hydrogen-bond acceptors (Lipinski definition) is 1. The molecule has 90 valence electrons. The van der Waals surface area contributed by atoms with Gasteiger partial charge in [-0.15, -0.1) is 0 Å². The minimum atomic E-state index is 0.375. The second kappa shape index (κ2) is 6.70. The standard InChI is InChI=1S/C15H24O/c1-5-15(16-4)14(12(2)3)11-13-9-7-6-8-10-13/h6-10,12,14-15H,5,11H2,1-4H3/t14-,15-/m1/s1. The van der Waals surface area contributed by atoms with Crippen molar-refractivity contribution in [1.82, 2.24) is 0 Å². The molecule has 0 radical (unpaired) electrons. The first kappa shape index (κ1) is 13.2. The lowest BCUT2D eigenvalue weighted by molar-refractivity contribution is 0.0305. The molecule has 0 aliphatic carbocycles. The fraction of sp³-hybridized carbons (Fsp3) is 0.600. The van der Waals surface area contributed by atoms with E-state index in [1.807, 2.05) is 7.11 Å². The van der Waals surface area contributed by atoms with Crippen molar-refractivity contribution in [1.29, 1.82) is 0 Å². The summed E-state index contributed by atoms with van der Waals surface area (Å²) in [6, 6.07) is 10.7. The predicted molar refractivity (Wildman–Crippen MR) is 69.6 cm³/mol. The van der Waals surface area contributed by atoms with Gasteiger partial charge in [-0.2, -0.15) is 0 Å². The lowest BCUT2D eigenvalue weighted by Gasteiger charge is -2.28. The SMILES string of the molecule is CC[C@@H](OC)[C@H](Cc1ccccc1)C(C)C. The lowest BCUT2D eigenvalue weighted by Crippen LogP contribution is -2.28. The van der Waals surface area contributed by atoms with Gasteiger partial charge in [0.2, 0.25) is 0 Å². The zero-order valence-electron chi connectivity index (χ0n) is 10.9. The highest BCUT2D eigenvalue weighted by Crippen LogP contribution is 2.24. The third kappa shape index (κ3) is 3.64. The van der Waals surface area contributed by atoms with Gasteiger partial charge in [-0.25, -0.2) is 0 Å². The van der Waals surface area contributed by atoms with Gasteiger partial charge in [0.1, 0.15) is 0 Å². The maximum absolute atomic E-state index is 5.60. The highest BCUT2D eigenvalue weighted by atomic mass is 16.5. The molecule has 1 heteroatoms. The van der Waals surface area contributed by atoms with Crippen molar-refractivity contribution in [2.24, 2.45) is 11.8 Å². The fourth-order valence-electron chi connectivity index (χ4n) is 2.33. The first-order chi connectivity index (χ1) is 7.69. The van der Waals surface area contributed by atoms with Gasteiger partial charge in [0.15, 0.2) is 0 Å². The second-order valence-corrected chi connectivity index (χ2v) is 4.78. The average molecular weight is 220 g/mol. The van der Waals surface area contributed by atoms with E-state index in [1.165, 1.54) is 5.56 Å². The van der Waals surface area contributed by atoms with Gasteiger partial charge >= 0.3 is 0 Å². The first-order valence-corrected chi connectivity index (χ1v) is 6.25. The molecule has 0 unspecified atom stereocenters. The van der Waals surface area contributed by atoms with Crippen molar-refractivity contribution in [2.75, 3.05) is 7.11 Å². The van der Waals surface area contributed by atoms with Crippen LogP contribution in [-0.2, 0) is 11.2 Å². The summed E-state index contributed by atoms with van der Waals surface area (Å²) in [5.74, 6) is 1.27. The van der Waals surface area contributed by atoms with Gasteiger partial charge in [0, 0.05) is 7.11 Å². The van der Waals surface area contributed by atoms with Crippen molar-refractivity contribution < 1.29 is 4.74 Å². The Labute approximate surface area is 99.8 Å². The summed E-state index contributed by atoms with van der Waals surface area (Å²) < 4.78 is 5.60. The van der Waals surface area contributed by atoms with Crippen LogP contribution >= 0.6 is 0 Å². The van der Waals surface area contributed by atoms with Gasteiger partial charge in [0.05, 0.1) is 6.10 Å². The molecule has 0 aliphatic heterocycles. The van der Waals surface area contributed by atoms with Gasteiger partial charge in [-0.1, -0.05) is 51.1 Å². The minimum absolute atomic E-state index is 0.375. The highest BCUT2D eigenvalue weighted by Gasteiger charge is 2.23. The van der Waals surface area contributed by atoms with Crippen molar-refractivity contribution >= 4 is 0 Å². The Balaban J connectivity index is 2.72. The quantitative estimate of drug-likeness (QED) is 0.706. The summed E-state index contributed by atoms with van der Waals surface area (Å²) in [4.78, 5) is 0. The third-order valence-corrected chi connectivity index (χ3v) is 3.35. The van der Waals surface area contributed by atoms with E-state index in [0.717, 1.165) is 12.8 Å². The summed E-state index contributed by atoms with van der Waals surface area (Å²) >= 11 is 0. The zero-order valence-corrected chi connectivity index (χ0v) is 10.9. The van der Waals surface area contributed by atoms with Crippen LogP contribution in [0.1, 0.15) is 32.8 Å². The zero-order chi connectivity index (χ0) is 12.0. The highest BCUT2D eigenvalue weighted by molar-refractivity contribution is 5.15. The smallest absolute Gasteiger partial charge is 0.0602 e.